The molecule has 1 amide bonds. The molecule has 6 nitrogen and oxygen atoms in total. The van der Waals surface area contributed by atoms with Crippen LogP contribution in [-0.2, 0) is 0 Å². The number of hydrogen-bond acceptors (Lipinski definition) is 6. The molecule has 3 aromatic rings. The average Bonchev–Trinajstić information content (AvgIpc) is 2.80. The Morgan fingerprint density at radius 3 is 2.86 bits per heavy atom. The second-order valence-electron chi connectivity index (χ2n) is 4.02. The summed E-state index contributed by atoms with van der Waals surface area (Å²) >= 11 is 7.79. The van der Waals surface area contributed by atoms with Crippen LogP contribution < -0.4 is 11.1 Å². The number of rotatable bonds is 2. The van der Waals surface area contributed by atoms with Crippen LogP contribution in [0.5, 0.6) is 0 Å². The molecule has 0 fully saturated rings. The van der Waals surface area contributed by atoms with Crippen LogP contribution in [0.1, 0.15) is 10.4 Å². The fraction of sp³-hybridized carbons (Fsp3) is 0. The molecule has 3 N–H and O–H groups in total. The molecule has 0 atom stereocenters. The van der Waals surface area contributed by atoms with Crippen molar-refractivity contribution in [3.63, 3.8) is 0 Å². The van der Waals surface area contributed by atoms with Crippen molar-refractivity contribution in [3.8, 4) is 0 Å². The van der Waals surface area contributed by atoms with Gasteiger partial charge in [0.2, 0.25) is 0 Å². The minimum absolute atomic E-state index is 0.277. The molecule has 0 aliphatic carbocycles. The summed E-state index contributed by atoms with van der Waals surface area (Å²) in [5.74, 6) is 0.0771. The topological polar surface area (TPSA) is 93.8 Å². The highest BCUT2D eigenvalue weighted by molar-refractivity contribution is 9.11. The van der Waals surface area contributed by atoms with Crippen LogP contribution in [0.2, 0.25) is 0 Å². The van der Waals surface area contributed by atoms with Crippen molar-refractivity contribution in [1.29, 1.82) is 0 Å². The normalized spacial score (nSPS) is 10.8. The number of carbonyl (C=O) groups excluding carboxylic acids is 1. The van der Waals surface area contributed by atoms with E-state index in [1.54, 1.807) is 18.2 Å². The molecule has 0 radical (unpaired) electrons. The van der Waals surface area contributed by atoms with Gasteiger partial charge in [-0.3, -0.25) is 4.79 Å². The summed E-state index contributed by atoms with van der Waals surface area (Å²) in [4.78, 5) is 24.6. The highest BCUT2D eigenvalue weighted by atomic mass is 79.9. The zero-order chi connectivity index (χ0) is 15.0. The molecule has 0 spiro atoms. The second kappa shape index (κ2) is 5.66. The number of nitrogens with two attached hydrogens (primary N) is 1. The molecule has 0 saturated heterocycles. The Morgan fingerprint density at radius 2 is 2.10 bits per heavy atom. The molecular weight excluding hydrogens is 422 g/mol. The van der Waals surface area contributed by atoms with Crippen LogP contribution in [0.25, 0.3) is 10.2 Å². The molecule has 1 aromatic carbocycles. The summed E-state index contributed by atoms with van der Waals surface area (Å²) in [6.07, 6.45) is 1.51. The zero-order valence-electron chi connectivity index (χ0n) is 10.3. The molecule has 0 aliphatic rings. The molecular formula is C12H7Br2N5OS. The number of fused-ring (bicyclic) bond motifs is 1. The standard InChI is InChI=1S/C12H7Br2N5OS/c13-8-4-16-10(9(14)18-8)19-11(20)5-1-2-6-7(3-5)21-12(15)17-6/h1-4H,(H2,15,17)(H,16,19,20). The number of nitrogens with one attached hydrogen (secondary N) is 1. The van der Waals surface area contributed by atoms with Crippen molar-refractivity contribution in [2.75, 3.05) is 11.1 Å². The Bertz CT molecular complexity index is 851. The van der Waals surface area contributed by atoms with Crippen molar-refractivity contribution >= 4 is 70.3 Å². The lowest BCUT2D eigenvalue weighted by molar-refractivity contribution is 0.102. The van der Waals surface area contributed by atoms with Crippen molar-refractivity contribution in [3.05, 3.63) is 39.2 Å². The Labute approximate surface area is 140 Å². The lowest BCUT2D eigenvalue weighted by Crippen LogP contribution is -2.13. The van der Waals surface area contributed by atoms with E-state index in [4.69, 9.17) is 5.73 Å². The first-order valence-corrected chi connectivity index (χ1v) is 8.08. The molecule has 0 aliphatic heterocycles. The Balaban J connectivity index is 1.89. The van der Waals surface area contributed by atoms with Crippen LogP contribution >= 0.6 is 43.2 Å². The molecule has 0 bridgehead atoms. The average molecular weight is 429 g/mol. The van der Waals surface area contributed by atoms with Gasteiger partial charge in [0.1, 0.15) is 9.21 Å². The van der Waals surface area contributed by atoms with Crippen molar-refractivity contribution in [2.24, 2.45) is 0 Å². The number of benzene rings is 1. The van der Waals surface area contributed by atoms with E-state index in [0.717, 1.165) is 10.2 Å². The Hall–Kier alpha value is -1.58. The number of halogens is 2. The first-order chi connectivity index (χ1) is 10.0. The maximum Gasteiger partial charge on any atom is 0.256 e. The van der Waals surface area contributed by atoms with E-state index in [1.165, 1.54) is 17.5 Å². The van der Waals surface area contributed by atoms with Crippen molar-refractivity contribution in [1.82, 2.24) is 15.0 Å². The van der Waals surface area contributed by atoms with Gasteiger partial charge < -0.3 is 11.1 Å². The van der Waals surface area contributed by atoms with Gasteiger partial charge in [-0.25, -0.2) is 15.0 Å². The van der Waals surface area contributed by atoms with E-state index in [1.807, 2.05) is 0 Å². The number of carbonyl (C=O) groups is 1. The van der Waals surface area contributed by atoms with Crippen LogP contribution in [0.3, 0.4) is 0 Å². The number of nitrogen functional groups attached to an aromatic ring is 1. The maximum atomic E-state index is 12.2. The van der Waals surface area contributed by atoms with Crippen LogP contribution in [0, 0.1) is 0 Å². The third kappa shape index (κ3) is 3.04. The number of hydrogen-bond donors (Lipinski definition) is 2. The van der Waals surface area contributed by atoms with E-state index in [0.29, 0.717) is 25.7 Å². The fourth-order valence-corrected chi connectivity index (χ4v) is 3.38. The highest BCUT2D eigenvalue weighted by Gasteiger charge is 2.12. The third-order valence-electron chi connectivity index (χ3n) is 2.60. The largest absolute Gasteiger partial charge is 0.375 e. The third-order valence-corrected chi connectivity index (χ3v) is 4.38. The monoisotopic (exact) mass is 427 g/mol. The Kier molecular flexibility index (Phi) is 3.87. The summed E-state index contributed by atoms with van der Waals surface area (Å²) < 4.78 is 1.89. The van der Waals surface area contributed by atoms with Gasteiger partial charge >= 0.3 is 0 Å². The highest BCUT2D eigenvalue weighted by Crippen LogP contribution is 2.25. The first-order valence-electron chi connectivity index (χ1n) is 5.68. The van der Waals surface area contributed by atoms with Crippen molar-refractivity contribution in [2.45, 2.75) is 0 Å². The second-order valence-corrected chi connectivity index (χ2v) is 6.65. The van der Waals surface area contributed by atoms with Gasteiger partial charge in [-0.05, 0) is 50.1 Å². The number of nitrogens with zero attached hydrogens (tertiary/aromatic N) is 3. The molecule has 21 heavy (non-hydrogen) atoms. The van der Waals surface area contributed by atoms with E-state index in [2.05, 4.69) is 52.1 Å². The van der Waals surface area contributed by atoms with Gasteiger partial charge in [0.25, 0.3) is 5.91 Å². The zero-order valence-corrected chi connectivity index (χ0v) is 14.3. The van der Waals surface area contributed by atoms with E-state index in [9.17, 15) is 4.79 Å². The molecule has 3 rings (SSSR count). The molecule has 2 heterocycles. The quantitative estimate of drug-likeness (QED) is 0.651. The summed E-state index contributed by atoms with van der Waals surface area (Å²) in [6, 6.07) is 5.20. The van der Waals surface area contributed by atoms with Gasteiger partial charge in [0, 0.05) is 5.56 Å². The molecule has 9 heteroatoms. The van der Waals surface area contributed by atoms with Gasteiger partial charge in [0.05, 0.1) is 16.4 Å². The molecule has 0 saturated carbocycles. The Morgan fingerprint density at radius 1 is 1.29 bits per heavy atom. The van der Waals surface area contributed by atoms with Crippen molar-refractivity contribution < 1.29 is 4.79 Å². The van der Waals surface area contributed by atoms with Crippen LogP contribution in [-0.4, -0.2) is 20.9 Å². The van der Waals surface area contributed by atoms with Gasteiger partial charge in [0.15, 0.2) is 10.9 Å². The lowest BCUT2D eigenvalue weighted by atomic mass is 10.2. The predicted octanol–water partition coefficient (Wildman–Crippen LogP) is 3.45. The smallest absolute Gasteiger partial charge is 0.256 e. The first kappa shape index (κ1) is 14.4. The number of aromatic nitrogens is 3. The summed E-state index contributed by atoms with van der Waals surface area (Å²) in [5, 5.41) is 3.17. The van der Waals surface area contributed by atoms with Gasteiger partial charge in [-0.1, -0.05) is 11.3 Å². The van der Waals surface area contributed by atoms with E-state index in [-0.39, 0.29) is 5.91 Å². The van der Waals surface area contributed by atoms with Crippen LogP contribution in [0.4, 0.5) is 10.9 Å². The SMILES string of the molecule is Nc1nc2ccc(C(=O)Nc3ncc(Br)nc3Br)cc2s1. The molecule has 106 valence electrons. The number of anilines is 2. The van der Waals surface area contributed by atoms with Gasteiger partial charge in [-0.15, -0.1) is 0 Å². The van der Waals surface area contributed by atoms with E-state index >= 15 is 0 Å². The summed E-state index contributed by atoms with van der Waals surface area (Å²) in [5.41, 5.74) is 6.93. The van der Waals surface area contributed by atoms with Gasteiger partial charge in [-0.2, -0.15) is 0 Å². The lowest BCUT2D eigenvalue weighted by Gasteiger charge is -2.06. The number of amides is 1. The van der Waals surface area contributed by atoms with E-state index < -0.39 is 0 Å². The minimum Gasteiger partial charge on any atom is -0.375 e. The predicted molar refractivity (Wildman–Crippen MR) is 89.4 cm³/mol. The van der Waals surface area contributed by atoms with Crippen LogP contribution in [0.15, 0.2) is 33.6 Å². The number of thiazole rings is 1. The fourth-order valence-electron chi connectivity index (χ4n) is 1.69. The summed E-state index contributed by atoms with van der Waals surface area (Å²) in [6.45, 7) is 0. The molecule has 2 aromatic heterocycles. The summed E-state index contributed by atoms with van der Waals surface area (Å²) in [7, 11) is 0. The molecule has 0 unspecified atom stereocenters. The minimum atomic E-state index is -0.277. The maximum absolute atomic E-state index is 12.2.